The van der Waals surface area contributed by atoms with Gasteiger partial charge in [0, 0.05) is 29.9 Å². The molecule has 1 aromatic rings. The van der Waals surface area contributed by atoms with Crippen molar-refractivity contribution in [1.29, 1.82) is 0 Å². The summed E-state index contributed by atoms with van der Waals surface area (Å²) >= 11 is 3.41. The van der Waals surface area contributed by atoms with Crippen LogP contribution in [0, 0.1) is 0 Å². The van der Waals surface area contributed by atoms with Crippen LogP contribution in [0.25, 0.3) is 0 Å². The third kappa shape index (κ3) is 4.11. The number of rotatable bonds is 5. The normalized spacial score (nSPS) is 12.5. The molecule has 0 aliphatic heterocycles. The average molecular weight is 258 g/mol. The molecule has 0 aliphatic carbocycles. The molecule has 0 heterocycles. The highest BCUT2D eigenvalue weighted by Gasteiger charge is 2.00. The lowest BCUT2D eigenvalue weighted by Crippen LogP contribution is -2.16. The van der Waals surface area contributed by atoms with E-state index >= 15 is 0 Å². The number of hydrogen-bond donors (Lipinski definition) is 1. The van der Waals surface area contributed by atoms with Gasteiger partial charge in [0.25, 0.3) is 0 Å². The zero-order chi connectivity index (χ0) is 10.4. The molecule has 14 heavy (non-hydrogen) atoms. The van der Waals surface area contributed by atoms with Gasteiger partial charge in [-0.2, -0.15) is 0 Å². The number of methoxy groups -OCH3 is 1. The maximum atomic E-state index is 5.02. The minimum Gasteiger partial charge on any atom is -0.385 e. The highest BCUT2D eigenvalue weighted by molar-refractivity contribution is 9.10. The van der Waals surface area contributed by atoms with Crippen LogP contribution in [0.3, 0.4) is 0 Å². The Morgan fingerprint density at radius 3 is 2.57 bits per heavy atom. The van der Waals surface area contributed by atoms with E-state index in [9.17, 15) is 0 Å². The van der Waals surface area contributed by atoms with Crippen molar-refractivity contribution in [1.82, 2.24) is 0 Å². The van der Waals surface area contributed by atoms with Crippen molar-refractivity contribution in [2.24, 2.45) is 0 Å². The van der Waals surface area contributed by atoms with E-state index in [1.54, 1.807) is 7.11 Å². The summed E-state index contributed by atoms with van der Waals surface area (Å²) in [6, 6.07) is 8.63. The first kappa shape index (κ1) is 11.5. The van der Waals surface area contributed by atoms with Gasteiger partial charge in [0.05, 0.1) is 0 Å². The molecule has 1 atom stereocenters. The topological polar surface area (TPSA) is 21.3 Å². The summed E-state index contributed by atoms with van der Waals surface area (Å²) < 4.78 is 6.13. The summed E-state index contributed by atoms with van der Waals surface area (Å²) in [5.41, 5.74) is 1.15. The summed E-state index contributed by atoms with van der Waals surface area (Å²) in [4.78, 5) is 0. The van der Waals surface area contributed by atoms with Crippen molar-refractivity contribution < 1.29 is 4.74 Å². The fourth-order valence-corrected chi connectivity index (χ4v) is 1.46. The van der Waals surface area contributed by atoms with E-state index in [-0.39, 0.29) is 0 Å². The number of benzene rings is 1. The Hall–Kier alpha value is -0.540. The second kappa shape index (κ2) is 6.04. The van der Waals surface area contributed by atoms with E-state index in [0.29, 0.717) is 6.04 Å². The van der Waals surface area contributed by atoms with Crippen LogP contribution in [0.15, 0.2) is 28.7 Å². The van der Waals surface area contributed by atoms with Crippen LogP contribution in [-0.2, 0) is 4.74 Å². The molecule has 1 N–H and O–H groups in total. The Bertz CT molecular complexity index is 260. The molecule has 1 rings (SSSR count). The van der Waals surface area contributed by atoms with Gasteiger partial charge in [0.2, 0.25) is 0 Å². The molecule has 0 amide bonds. The predicted octanol–water partition coefficient (Wildman–Crippen LogP) is 3.29. The standard InChI is InChI=1S/C11H16BrNO/c1-9(7-8-14-2)13-11-5-3-10(12)4-6-11/h3-6,9,13H,7-8H2,1-2H3. The van der Waals surface area contributed by atoms with Gasteiger partial charge in [0.15, 0.2) is 0 Å². The maximum absolute atomic E-state index is 5.02. The Morgan fingerprint density at radius 2 is 2.00 bits per heavy atom. The summed E-state index contributed by atoms with van der Waals surface area (Å²) in [5.74, 6) is 0. The van der Waals surface area contributed by atoms with E-state index < -0.39 is 0 Å². The lowest BCUT2D eigenvalue weighted by atomic mass is 10.2. The molecule has 0 spiro atoms. The monoisotopic (exact) mass is 257 g/mol. The molecule has 1 unspecified atom stereocenters. The summed E-state index contributed by atoms with van der Waals surface area (Å²) in [6.07, 6.45) is 1.02. The minimum atomic E-state index is 0.441. The first-order valence-corrected chi connectivity index (χ1v) is 5.52. The summed E-state index contributed by atoms with van der Waals surface area (Å²) in [6.45, 7) is 2.95. The number of halogens is 1. The van der Waals surface area contributed by atoms with Crippen molar-refractivity contribution in [3.8, 4) is 0 Å². The van der Waals surface area contributed by atoms with Crippen LogP contribution < -0.4 is 5.32 Å². The van der Waals surface area contributed by atoms with Crippen LogP contribution in [0.1, 0.15) is 13.3 Å². The molecule has 1 aromatic carbocycles. The highest BCUT2D eigenvalue weighted by atomic mass is 79.9. The first-order valence-electron chi connectivity index (χ1n) is 4.73. The highest BCUT2D eigenvalue weighted by Crippen LogP contribution is 2.15. The van der Waals surface area contributed by atoms with E-state index in [2.05, 4.69) is 40.3 Å². The number of ether oxygens (including phenoxy) is 1. The minimum absolute atomic E-state index is 0.441. The third-order valence-corrected chi connectivity index (χ3v) is 2.54. The molecule has 0 radical (unpaired) electrons. The Kier molecular flexibility index (Phi) is 4.98. The zero-order valence-electron chi connectivity index (χ0n) is 8.59. The molecule has 0 fully saturated rings. The van der Waals surface area contributed by atoms with E-state index in [1.165, 1.54) is 0 Å². The Labute approximate surface area is 93.8 Å². The molecule has 78 valence electrons. The van der Waals surface area contributed by atoms with Gasteiger partial charge in [-0.15, -0.1) is 0 Å². The van der Waals surface area contributed by atoms with Crippen molar-refractivity contribution in [2.45, 2.75) is 19.4 Å². The van der Waals surface area contributed by atoms with Crippen molar-refractivity contribution in [2.75, 3.05) is 19.0 Å². The van der Waals surface area contributed by atoms with Gasteiger partial charge in [-0.25, -0.2) is 0 Å². The van der Waals surface area contributed by atoms with Crippen molar-refractivity contribution in [3.05, 3.63) is 28.7 Å². The maximum Gasteiger partial charge on any atom is 0.0481 e. The van der Waals surface area contributed by atoms with Crippen LogP contribution in [0.5, 0.6) is 0 Å². The zero-order valence-corrected chi connectivity index (χ0v) is 10.2. The van der Waals surface area contributed by atoms with Gasteiger partial charge < -0.3 is 10.1 Å². The lowest BCUT2D eigenvalue weighted by Gasteiger charge is -2.14. The molecule has 0 saturated carbocycles. The van der Waals surface area contributed by atoms with Crippen LogP contribution in [0.4, 0.5) is 5.69 Å². The van der Waals surface area contributed by atoms with Gasteiger partial charge in [-0.1, -0.05) is 15.9 Å². The van der Waals surface area contributed by atoms with Crippen molar-refractivity contribution in [3.63, 3.8) is 0 Å². The smallest absolute Gasteiger partial charge is 0.0481 e. The Balaban J connectivity index is 2.39. The van der Waals surface area contributed by atoms with Gasteiger partial charge in [-0.3, -0.25) is 0 Å². The molecular formula is C11H16BrNO. The second-order valence-electron chi connectivity index (χ2n) is 3.33. The van der Waals surface area contributed by atoms with Crippen LogP contribution in [-0.4, -0.2) is 19.8 Å². The first-order chi connectivity index (χ1) is 6.72. The molecule has 3 heteroatoms. The number of nitrogens with one attached hydrogen (secondary N) is 1. The fourth-order valence-electron chi connectivity index (χ4n) is 1.20. The SMILES string of the molecule is COCCC(C)Nc1ccc(Br)cc1. The van der Waals surface area contributed by atoms with Crippen LogP contribution >= 0.6 is 15.9 Å². The fraction of sp³-hybridized carbons (Fsp3) is 0.455. The molecular weight excluding hydrogens is 242 g/mol. The molecule has 0 saturated heterocycles. The molecule has 0 aromatic heterocycles. The average Bonchev–Trinajstić information content (AvgIpc) is 2.18. The molecule has 0 aliphatic rings. The van der Waals surface area contributed by atoms with Gasteiger partial charge >= 0.3 is 0 Å². The summed E-state index contributed by atoms with van der Waals surface area (Å²) in [7, 11) is 1.73. The number of hydrogen-bond acceptors (Lipinski definition) is 2. The third-order valence-electron chi connectivity index (χ3n) is 2.01. The summed E-state index contributed by atoms with van der Waals surface area (Å²) in [5, 5.41) is 3.40. The second-order valence-corrected chi connectivity index (χ2v) is 4.25. The van der Waals surface area contributed by atoms with E-state index in [1.807, 2.05) is 12.1 Å². The predicted molar refractivity (Wildman–Crippen MR) is 63.7 cm³/mol. The van der Waals surface area contributed by atoms with Crippen molar-refractivity contribution >= 4 is 21.6 Å². The Morgan fingerprint density at radius 1 is 1.36 bits per heavy atom. The van der Waals surface area contributed by atoms with Crippen LogP contribution in [0.2, 0.25) is 0 Å². The van der Waals surface area contributed by atoms with Gasteiger partial charge in [0.1, 0.15) is 0 Å². The largest absolute Gasteiger partial charge is 0.385 e. The van der Waals surface area contributed by atoms with E-state index in [4.69, 9.17) is 4.74 Å². The quantitative estimate of drug-likeness (QED) is 0.875. The molecule has 0 bridgehead atoms. The van der Waals surface area contributed by atoms with Gasteiger partial charge in [-0.05, 0) is 37.6 Å². The number of anilines is 1. The van der Waals surface area contributed by atoms with E-state index in [0.717, 1.165) is 23.2 Å². The molecule has 2 nitrogen and oxygen atoms in total. The lowest BCUT2D eigenvalue weighted by molar-refractivity contribution is 0.191.